The van der Waals surface area contributed by atoms with E-state index in [2.05, 4.69) is 5.10 Å². The van der Waals surface area contributed by atoms with Gasteiger partial charge in [0.05, 0.1) is 0 Å². The first-order valence-electron chi connectivity index (χ1n) is 7.11. The van der Waals surface area contributed by atoms with Gasteiger partial charge in [-0.3, -0.25) is 4.68 Å². The van der Waals surface area contributed by atoms with Gasteiger partial charge < -0.3 is 19.7 Å². The third kappa shape index (κ3) is 4.47. The second-order valence-corrected chi connectivity index (χ2v) is 6.45. The molecule has 7 nitrogen and oxygen atoms in total. The first kappa shape index (κ1) is 15.8. The van der Waals surface area contributed by atoms with Gasteiger partial charge in [-0.1, -0.05) is 0 Å². The molecule has 1 unspecified atom stereocenters. The summed E-state index contributed by atoms with van der Waals surface area (Å²) in [5.74, 6) is 0.293. The van der Waals surface area contributed by atoms with Crippen molar-refractivity contribution in [2.24, 2.45) is 5.92 Å². The van der Waals surface area contributed by atoms with Crippen LogP contribution in [-0.4, -0.2) is 56.6 Å². The van der Waals surface area contributed by atoms with Crippen molar-refractivity contribution in [1.29, 1.82) is 0 Å². The lowest BCUT2D eigenvalue weighted by molar-refractivity contribution is 0.0286. The van der Waals surface area contributed by atoms with Gasteiger partial charge in [0, 0.05) is 37.5 Å². The SMILES string of the molecule is CC(C)(C)OC(=O)N1CCC(Cn2cc(B(O)O)cn2)C1. The maximum absolute atomic E-state index is 12.0. The third-order valence-electron chi connectivity index (χ3n) is 3.33. The highest BCUT2D eigenvalue weighted by Crippen LogP contribution is 2.20. The van der Waals surface area contributed by atoms with E-state index in [4.69, 9.17) is 14.8 Å². The Kier molecular flexibility index (Phi) is 4.58. The molecule has 0 saturated carbocycles. The largest absolute Gasteiger partial charge is 0.491 e. The molecular weight excluding hydrogens is 273 g/mol. The predicted molar refractivity (Wildman–Crippen MR) is 78.0 cm³/mol. The highest BCUT2D eigenvalue weighted by Gasteiger charge is 2.30. The summed E-state index contributed by atoms with van der Waals surface area (Å²) in [4.78, 5) is 13.7. The summed E-state index contributed by atoms with van der Waals surface area (Å²) in [6.45, 7) is 7.51. The molecule has 1 aromatic rings. The molecular formula is C13H22BN3O4. The van der Waals surface area contributed by atoms with E-state index in [9.17, 15) is 4.79 Å². The number of rotatable bonds is 3. The molecule has 21 heavy (non-hydrogen) atoms. The van der Waals surface area contributed by atoms with Crippen molar-refractivity contribution in [3.63, 3.8) is 0 Å². The molecule has 1 aliphatic heterocycles. The minimum absolute atomic E-state index is 0.281. The molecule has 1 amide bonds. The van der Waals surface area contributed by atoms with Crippen molar-refractivity contribution in [3.05, 3.63) is 12.4 Å². The fourth-order valence-electron chi connectivity index (χ4n) is 2.35. The Morgan fingerprint density at radius 3 is 2.81 bits per heavy atom. The average Bonchev–Trinajstić information content (AvgIpc) is 2.96. The number of amides is 1. The minimum Gasteiger partial charge on any atom is -0.444 e. The summed E-state index contributed by atoms with van der Waals surface area (Å²) in [7, 11) is -1.50. The monoisotopic (exact) mass is 295 g/mol. The van der Waals surface area contributed by atoms with Crippen LogP contribution in [0.25, 0.3) is 0 Å². The van der Waals surface area contributed by atoms with E-state index in [-0.39, 0.29) is 6.09 Å². The summed E-state index contributed by atoms with van der Waals surface area (Å²) in [5.41, 5.74) is -0.111. The van der Waals surface area contributed by atoms with E-state index < -0.39 is 12.7 Å². The van der Waals surface area contributed by atoms with E-state index in [0.29, 0.717) is 31.0 Å². The zero-order chi connectivity index (χ0) is 15.6. The van der Waals surface area contributed by atoms with Crippen molar-refractivity contribution < 1.29 is 19.6 Å². The fraction of sp³-hybridized carbons (Fsp3) is 0.692. The zero-order valence-electron chi connectivity index (χ0n) is 12.7. The van der Waals surface area contributed by atoms with Crippen molar-refractivity contribution in [1.82, 2.24) is 14.7 Å². The molecule has 0 bridgehead atoms. The predicted octanol–water partition coefficient (Wildman–Crippen LogP) is -0.180. The molecule has 0 spiro atoms. The lowest BCUT2D eigenvalue weighted by Crippen LogP contribution is -2.35. The van der Waals surface area contributed by atoms with Crippen LogP contribution in [0, 0.1) is 5.92 Å². The quantitative estimate of drug-likeness (QED) is 0.755. The molecule has 1 aliphatic rings. The topological polar surface area (TPSA) is 87.8 Å². The summed E-state index contributed by atoms with van der Waals surface area (Å²) in [6.07, 6.45) is 3.65. The smallest absolute Gasteiger partial charge is 0.444 e. The third-order valence-corrected chi connectivity index (χ3v) is 3.33. The Bertz CT molecular complexity index is 498. The van der Waals surface area contributed by atoms with Crippen LogP contribution in [0.5, 0.6) is 0 Å². The molecule has 0 aromatic carbocycles. The van der Waals surface area contributed by atoms with Crippen molar-refractivity contribution >= 4 is 18.7 Å². The van der Waals surface area contributed by atoms with Gasteiger partial charge in [0.1, 0.15) is 5.60 Å². The summed E-state index contributed by atoms with van der Waals surface area (Å²) in [6, 6.07) is 0. The molecule has 2 heterocycles. The first-order chi connectivity index (χ1) is 9.74. The van der Waals surface area contributed by atoms with Gasteiger partial charge in [0.25, 0.3) is 0 Å². The molecule has 1 atom stereocenters. The van der Waals surface area contributed by atoms with E-state index in [1.54, 1.807) is 15.8 Å². The number of hydrogen-bond acceptors (Lipinski definition) is 5. The highest BCUT2D eigenvalue weighted by molar-refractivity contribution is 6.58. The summed E-state index contributed by atoms with van der Waals surface area (Å²) < 4.78 is 7.03. The number of carbonyl (C=O) groups excluding carboxylic acids is 1. The first-order valence-corrected chi connectivity index (χ1v) is 7.11. The van der Waals surface area contributed by atoms with E-state index in [1.807, 2.05) is 20.8 Å². The maximum Gasteiger partial charge on any atom is 0.491 e. The lowest BCUT2D eigenvalue weighted by atomic mass is 9.83. The number of likely N-dealkylation sites (tertiary alicyclic amines) is 1. The van der Waals surface area contributed by atoms with Gasteiger partial charge in [-0.15, -0.1) is 0 Å². The zero-order valence-corrected chi connectivity index (χ0v) is 12.7. The molecule has 116 valence electrons. The van der Waals surface area contributed by atoms with Gasteiger partial charge in [-0.2, -0.15) is 5.10 Å². The second kappa shape index (κ2) is 6.07. The number of aromatic nitrogens is 2. The van der Waals surface area contributed by atoms with Crippen molar-refractivity contribution in [2.45, 2.75) is 39.3 Å². The number of hydrogen-bond donors (Lipinski definition) is 2. The van der Waals surface area contributed by atoms with E-state index in [1.165, 1.54) is 6.20 Å². The van der Waals surface area contributed by atoms with Crippen LogP contribution in [0.15, 0.2) is 12.4 Å². The number of carbonyl (C=O) groups is 1. The van der Waals surface area contributed by atoms with Crippen LogP contribution in [0.2, 0.25) is 0 Å². The molecule has 8 heteroatoms. The van der Waals surface area contributed by atoms with Crippen LogP contribution >= 0.6 is 0 Å². The molecule has 1 saturated heterocycles. The Labute approximate surface area is 124 Å². The molecule has 2 rings (SSSR count). The summed E-state index contributed by atoms with van der Waals surface area (Å²) in [5, 5.41) is 22.2. The standard InChI is InChI=1S/C13H22BN3O4/c1-13(2,3)21-12(18)16-5-4-10(7-16)8-17-9-11(6-15-17)14(19)20/h6,9-10,19-20H,4-5,7-8H2,1-3H3. The van der Waals surface area contributed by atoms with Crippen LogP contribution < -0.4 is 5.46 Å². The second-order valence-electron chi connectivity index (χ2n) is 6.45. The maximum atomic E-state index is 12.0. The Hall–Kier alpha value is -1.54. The molecule has 0 radical (unpaired) electrons. The van der Waals surface area contributed by atoms with Gasteiger partial charge in [0.2, 0.25) is 0 Å². The van der Waals surface area contributed by atoms with Gasteiger partial charge in [-0.05, 0) is 33.1 Å². The van der Waals surface area contributed by atoms with Crippen LogP contribution in [0.3, 0.4) is 0 Å². The highest BCUT2D eigenvalue weighted by atomic mass is 16.6. The molecule has 2 N–H and O–H groups in total. The molecule has 0 aliphatic carbocycles. The Balaban J connectivity index is 1.86. The van der Waals surface area contributed by atoms with Crippen molar-refractivity contribution in [3.8, 4) is 0 Å². The van der Waals surface area contributed by atoms with Gasteiger partial charge >= 0.3 is 13.2 Å². The van der Waals surface area contributed by atoms with Gasteiger partial charge in [-0.25, -0.2) is 4.79 Å². The summed E-state index contributed by atoms with van der Waals surface area (Å²) >= 11 is 0. The minimum atomic E-state index is -1.50. The average molecular weight is 295 g/mol. The van der Waals surface area contributed by atoms with E-state index in [0.717, 1.165) is 6.42 Å². The molecule has 1 aromatic heterocycles. The Morgan fingerprint density at radius 2 is 2.24 bits per heavy atom. The normalized spacial score (nSPS) is 18.9. The molecule has 1 fully saturated rings. The fourth-order valence-corrected chi connectivity index (χ4v) is 2.35. The van der Waals surface area contributed by atoms with Crippen LogP contribution in [-0.2, 0) is 11.3 Å². The van der Waals surface area contributed by atoms with Crippen molar-refractivity contribution in [2.75, 3.05) is 13.1 Å². The van der Waals surface area contributed by atoms with Crippen LogP contribution in [0.1, 0.15) is 27.2 Å². The number of nitrogens with zero attached hydrogens (tertiary/aromatic N) is 3. The van der Waals surface area contributed by atoms with E-state index >= 15 is 0 Å². The Morgan fingerprint density at radius 1 is 1.52 bits per heavy atom. The lowest BCUT2D eigenvalue weighted by Gasteiger charge is -2.24. The number of ether oxygens (including phenoxy) is 1. The van der Waals surface area contributed by atoms with Gasteiger partial charge in [0.15, 0.2) is 0 Å². The van der Waals surface area contributed by atoms with Crippen LogP contribution in [0.4, 0.5) is 4.79 Å².